The van der Waals surface area contributed by atoms with Crippen LogP contribution in [0.1, 0.15) is 0 Å². The van der Waals surface area contributed by atoms with E-state index in [2.05, 4.69) is 20.2 Å². The minimum atomic E-state index is -0.391. The Hall–Kier alpha value is -4.40. The second kappa shape index (κ2) is 8.51. The summed E-state index contributed by atoms with van der Waals surface area (Å²) >= 11 is 0. The first kappa shape index (κ1) is 21.4. The number of nitrogens with zero attached hydrogens (tertiary/aromatic N) is 7. The van der Waals surface area contributed by atoms with Crippen molar-refractivity contribution in [3.8, 4) is 33.6 Å². The van der Waals surface area contributed by atoms with Gasteiger partial charge in [-0.25, -0.2) is 9.37 Å². The van der Waals surface area contributed by atoms with Crippen molar-refractivity contribution in [2.75, 3.05) is 14.1 Å². The number of carbonyl (C=O) groups is 1. The van der Waals surface area contributed by atoms with Crippen molar-refractivity contribution in [2.45, 2.75) is 6.54 Å². The van der Waals surface area contributed by atoms with Crippen molar-refractivity contribution in [3.05, 3.63) is 73.3 Å². The van der Waals surface area contributed by atoms with Gasteiger partial charge in [0, 0.05) is 56.2 Å². The molecule has 170 valence electrons. The van der Waals surface area contributed by atoms with Crippen molar-refractivity contribution in [1.29, 1.82) is 0 Å². The molecule has 3 heterocycles. The molecule has 0 fully saturated rings. The largest absolute Gasteiger partial charge is 0.347 e. The molecule has 5 aromatic rings. The van der Waals surface area contributed by atoms with Crippen LogP contribution in [0, 0.1) is 5.82 Å². The van der Waals surface area contributed by atoms with Crippen LogP contribution in [0.5, 0.6) is 0 Å². The van der Waals surface area contributed by atoms with E-state index in [1.165, 1.54) is 11.0 Å². The molecular formula is C25H22FN7O. The number of pyridine rings is 1. The summed E-state index contributed by atoms with van der Waals surface area (Å²) in [7, 11) is 5.19. The number of carbonyl (C=O) groups excluding carboxylic acids is 1. The average Bonchev–Trinajstić information content (AvgIpc) is 3.47. The lowest BCUT2D eigenvalue weighted by Gasteiger charge is -2.10. The van der Waals surface area contributed by atoms with Crippen LogP contribution in [0.3, 0.4) is 0 Å². The first-order valence-electron chi connectivity index (χ1n) is 10.7. The highest BCUT2D eigenvalue weighted by Gasteiger charge is 2.14. The molecule has 3 aromatic heterocycles. The Kier molecular flexibility index (Phi) is 5.37. The van der Waals surface area contributed by atoms with Gasteiger partial charge in [0.2, 0.25) is 5.91 Å². The van der Waals surface area contributed by atoms with Gasteiger partial charge in [0.1, 0.15) is 18.7 Å². The summed E-state index contributed by atoms with van der Waals surface area (Å²) in [6.45, 7) is 0.191. The monoisotopic (exact) mass is 455 g/mol. The van der Waals surface area contributed by atoms with E-state index in [0.29, 0.717) is 16.8 Å². The number of benzene rings is 2. The van der Waals surface area contributed by atoms with Gasteiger partial charge in [-0.1, -0.05) is 24.3 Å². The third kappa shape index (κ3) is 4.03. The van der Waals surface area contributed by atoms with Crippen molar-refractivity contribution in [1.82, 2.24) is 34.4 Å². The van der Waals surface area contributed by atoms with Crippen molar-refractivity contribution < 1.29 is 9.18 Å². The summed E-state index contributed by atoms with van der Waals surface area (Å²) < 4.78 is 17.9. The third-order valence-electron chi connectivity index (χ3n) is 5.65. The van der Waals surface area contributed by atoms with Crippen LogP contribution in [-0.2, 0) is 18.4 Å². The van der Waals surface area contributed by atoms with Gasteiger partial charge >= 0.3 is 0 Å². The van der Waals surface area contributed by atoms with E-state index in [1.807, 2.05) is 30.5 Å². The molecule has 0 unspecified atom stereocenters. The summed E-state index contributed by atoms with van der Waals surface area (Å²) in [6, 6.07) is 11.2. The van der Waals surface area contributed by atoms with Gasteiger partial charge in [0.25, 0.3) is 0 Å². The van der Waals surface area contributed by atoms with E-state index < -0.39 is 5.82 Å². The summed E-state index contributed by atoms with van der Waals surface area (Å²) in [5.74, 6) is -0.0762. The Bertz CT molecular complexity index is 1500. The highest BCUT2D eigenvalue weighted by atomic mass is 19.1. The van der Waals surface area contributed by atoms with Gasteiger partial charge in [-0.2, -0.15) is 10.2 Å². The van der Waals surface area contributed by atoms with E-state index >= 15 is 0 Å². The normalized spacial score (nSPS) is 11.2. The lowest BCUT2D eigenvalue weighted by Crippen LogP contribution is -2.26. The fraction of sp³-hybridized carbons (Fsp3) is 0.160. The number of hydrogen-bond donors (Lipinski definition) is 0. The van der Waals surface area contributed by atoms with Gasteiger partial charge in [0.05, 0.1) is 11.8 Å². The van der Waals surface area contributed by atoms with Gasteiger partial charge in [-0.3, -0.25) is 19.1 Å². The number of aryl methyl sites for hydroxylation is 1. The molecule has 0 radical (unpaired) electrons. The molecule has 5 rings (SSSR count). The van der Waals surface area contributed by atoms with E-state index in [4.69, 9.17) is 0 Å². The molecule has 8 nitrogen and oxygen atoms in total. The van der Waals surface area contributed by atoms with Gasteiger partial charge in [0.15, 0.2) is 5.82 Å². The quantitative estimate of drug-likeness (QED) is 0.403. The molecule has 0 N–H and O–H groups in total. The Morgan fingerprint density at radius 3 is 2.47 bits per heavy atom. The maximum Gasteiger partial charge on any atom is 0.243 e. The molecule has 0 aliphatic rings. The van der Waals surface area contributed by atoms with Crippen molar-refractivity contribution in [3.63, 3.8) is 0 Å². The van der Waals surface area contributed by atoms with Crippen molar-refractivity contribution in [2.24, 2.45) is 7.05 Å². The second-order valence-corrected chi connectivity index (χ2v) is 8.27. The number of rotatable bonds is 5. The van der Waals surface area contributed by atoms with Crippen LogP contribution in [0.2, 0.25) is 0 Å². The van der Waals surface area contributed by atoms with Crippen LogP contribution < -0.4 is 0 Å². The maximum atomic E-state index is 14.8. The van der Waals surface area contributed by atoms with Gasteiger partial charge in [-0.05, 0) is 28.6 Å². The maximum absolute atomic E-state index is 14.8. The molecule has 0 atom stereocenters. The number of fused-ring (bicyclic) bond motifs is 1. The van der Waals surface area contributed by atoms with Crippen LogP contribution >= 0.6 is 0 Å². The molecule has 0 aliphatic heterocycles. The summed E-state index contributed by atoms with van der Waals surface area (Å²) in [6.07, 6.45) is 8.56. The minimum absolute atomic E-state index is 0.0230. The number of halogens is 1. The molecule has 1 amide bonds. The van der Waals surface area contributed by atoms with E-state index in [-0.39, 0.29) is 12.5 Å². The van der Waals surface area contributed by atoms with Crippen molar-refractivity contribution >= 4 is 16.7 Å². The zero-order valence-electron chi connectivity index (χ0n) is 19.0. The predicted octanol–water partition coefficient (Wildman–Crippen LogP) is 3.79. The smallest absolute Gasteiger partial charge is 0.243 e. The third-order valence-corrected chi connectivity index (χ3v) is 5.65. The summed E-state index contributed by atoms with van der Waals surface area (Å²) in [5, 5.41) is 10.1. The molecule has 0 bridgehead atoms. The summed E-state index contributed by atoms with van der Waals surface area (Å²) in [4.78, 5) is 22.0. The zero-order chi connectivity index (χ0) is 23.8. The zero-order valence-corrected chi connectivity index (χ0v) is 19.0. The van der Waals surface area contributed by atoms with Crippen LogP contribution in [0.4, 0.5) is 4.39 Å². The van der Waals surface area contributed by atoms with Crippen LogP contribution in [0.15, 0.2) is 67.5 Å². The molecule has 0 saturated heterocycles. The molecule has 34 heavy (non-hydrogen) atoms. The molecule has 0 saturated carbocycles. The number of hydrogen-bond acceptors (Lipinski definition) is 5. The Labute approximate surface area is 195 Å². The fourth-order valence-corrected chi connectivity index (χ4v) is 3.78. The number of aromatic nitrogens is 6. The summed E-state index contributed by atoms with van der Waals surface area (Å²) in [5.41, 5.74) is 4.07. The van der Waals surface area contributed by atoms with E-state index in [0.717, 1.165) is 27.6 Å². The second-order valence-electron chi connectivity index (χ2n) is 8.27. The molecular weight excluding hydrogens is 433 g/mol. The molecule has 0 aliphatic carbocycles. The highest BCUT2D eigenvalue weighted by Crippen LogP contribution is 2.33. The predicted molar refractivity (Wildman–Crippen MR) is 127 cm³/mol. The Morgan fingerprint density at radius 1 is 1.00 bits per heavy atom. The molecule has 2 aromatic carbocycles. The van der Waals surface area contributed by atoms with Crippen LogP contribution in [-0.4, -0.2) is 54.4 Å². The van der Waals surface area contributed by atoms with E-state index in [9.17, 15) is 9.18 Å². The number of amides is 1. The van der Waals surface area contributed by atoms with Crippen LogP contribution in [0.25, 0.3) is 44.4 Å². The number of likely N-dealkylation sites (N-methyl/N-ethyl adjacent to an activating group) is 1. The molecule has 0 spiro atoms. The SMILES string of the molecule is CN(C)C(=O)Cn1cc(-c2ccc(-c3cncc4cc(F)c(-c5ncn(C)n5)cc34)cc2)cn1. The Morgan fingerprint density at radius 2 is 1.76 bits per heavy atom. The first-order valence-corrected chi connectivity index (χ1v) is 10.7. The Balaban J connectivity index is 1.49. The topological polar surface area (TPSA) is 81.7 Å². The lowest BCUT2D eigenvalue weighted by molar-refractivity contribution is -0.129. The fourth-order valence-electron chi connectivity index (χ4n) is 3.78. The minimum Gasteiger partial charge on any atom is -0.347 e. The van der Waals surface area contributed by atoms with Gasteiger partial charge in [-0.15, -0.1) is 0 Å². The highest BCUT2D eigenvalue weighted by molar-refractivity contribution is 5.98. The average molecular weight is 455 g/mol. The lowest BCUT2D eigenvalue weighted by atomic mass is 9.97. The first-order chi connectivity index (χ1) is 16.4. The van der Waals surface area contributed by atoms with Gasteiger partial charge < -0.3 is 4.90 Å². The van der Waals surface area contributed by atoms with E-state index in [1.54, 1.807) is 61.5 Å². The standard InChI is InChI=1S/C25H22FN7O/c1-31(2)24(34)14-33-13-19(11-29-33)16-4-6-17(7-5-16)22-12-27-10-18-8-23(26)21(9-20(18)22)25-28-15-32(3)30-25/h4-13,15H,14H2,1-3H3. The molecule has 9 heteroatoms.